The summed E-state index contributed by atoms with van der Waals surface area (Å²) in [4.78, 5) is 18.4. The molecule has 2 rings (SSSR count). The molecular formula is C9H8N2O2. The van der Waals surface area contributed by atoms with Gasteiger partial charge in [0.2, 0.25) is 0 Å². The zero-order chi connectivity index (χ0) is 9.26. The first-order valence-corrected chi connectivity index (χ1v) is 3.89. The molecule has 13 heavy (non-hydrogen) atoms. The van der Waals surface area contributed by atoms with Crippen LogP contribution in [0.3, 0.4) is 0 Å². The Hall–Kier alpha value is -1.55. The maximum atomic E-state index is 10.9. The monoisotopic (exact) mass is 176 g/mol. The van der Waals surface area contributed by atoms with E-state index in [9.17, 15) is 4.79 Å². The number of carbonyl (C=O) groups is 1. The Kier molecular flexibility index (Phi) is 1.90. The van der Waals surface area contributed by atoms with E-state index >= 15 is 0 Å². The maximum absolute atomic E-state index is 10.9. The second-order valence-electron chi connectivity index (χ2n) is 2.72. The minimum absolute atomic E-state index is 0.432. The summed E-state index contributed by atoms with van der Waals surface area (Å²) >= 11 is 0. The van der Waals surface area contributed by atoms with E-state index in [1.807, 2.05) is 12.1 Å². The summed E-state index contributed by atoms with van der Waals surface area (Å²) in [5.74, 6) is 0. The quantitative estimate of drug-likeness (QED) is 0.646. The van der Waals surface area contributed by atoms with Crippen LogP contribution in [0.5, 0.6) is 0 Å². The molecule has 2 amide bonds. The van der Waals surface area contributed by atoms with Crippen molar-refractivity contribution in [3.8, 4) is 0 Å². The van der Waals surface area contributed by atoms with Crippen molar-refractivity contribution >= 4 is 6.03 Å². The van der Waals surface area contributed by atoms with Crippen LogP contribution < -0.4 is 10.7 Å². The Labute approximate surface area is 74.6 Å². The maximum Gasteiger partial charge on any atom is 0.368 e. The second kappa shape index (κ2) is 3.06. The van der Waals surface area contributed by atoms with Crippen LogP contribution in [0.15, 0.2) is 28.2 Å². The first-order valence-electron chi connectivity index (χ1n) is 3.89. The van der Waals surface area contributed by atoms with Gasteiger partial charge in [0.05, 0.1) is 12.0 Å². The lowest BCUT2D eigenvalue weighted by Crippen LogP contribution is -2.25. The summed E-state index contributed by atoms with van der Waals surface area (Å²) in [6, 6.07) is 5.05. The van der Waals surface area contributed by atoms with E-state index in [2.05, 4.69) is 9.98 Å². The smallest absolute Gasteiger partial charge is 0.368 e. The lowest BCUT2D eigenvalue weighted by atomic mass is 10.2. The summed E-state index contributed by atoms with van der Waals surface area (Å²) in [7, 11) is 1.60. The number of fused-ring (bicyclic) bond motifs is 1. The number of urea groups is 1. The highest BCUT2D eigenvalue weighted by atomic mass is 16.5. The molecule has 0 saturated carbocycles. The number of carbonyl (C=O) groups excluding carboxylic acids is 1. The van der Waals surface area contributed by atoms with Crippen molar-refractivity contribution in [3.05, 3.63) is 34.5 Å². The number of hydrogen-bond donors (Lipinski definition) is 0. The molecule has 0 aromatic heterocycles. The Balaban J connectivity index is 2.65. The Bertz CT molecular complexity index is 465. The van der Waals surface area contributed by atoms with Gasteiger partial charge in [0, 0.05) is 12.7 Å². The van der Waals surface area contributed by atoms with Crippen molar-refractivity contribution < 1.29 is 9.53 Å². The van der Waals surface area contributed by atoms with Crippen LogP contribution in [-0.2, 0) is 11.3 Å². The second-order valence-corrected chi connectivity index (χ2v) is 2.72. The highest BCUT2D eigenvalue weighted by Gasteiger charge is 2.07. The van der Waals surface area contributed by atoms with Crippen LogP contribution in [0, 0.1) is 0 Å². The number of benzene rings is 1. The van der Waals surface area contributed by atoms with Gasteiger partial charge >= 0.3 is 6.03 Å². The number of methoxy groups -OCH3 is 1. The van der Waals surface area contributed by atoms with Gasteiger partial charge in [0.25, 0.3) is 0 Å². The van der Waals surface area contributed by atoms with Crippen molar-refractivity contribution in [2.75, 3.05) is 7.11 Å². The molecule has 1 aliphatic rings. The van der Waals surface area contributed by atoms with Gasteiger partial charge in [-0.2, -0.15) is 9.98 Å². The van der Waals surface area contributed by atoms with Gasteiger partial charge in [-0.3, -0.25) is 0 Å². The van der Waals surface area contributed by atoms with Gasteiger partial charge < -0.3 is 4.74 Å². The SMILES string of the molecule is COCc1cccc2c1=NC(=O)N=2. The van der Waals surface area contributed by atoms with Gasteiger partial charge in [0.1, 0.15) is 5.36 Å². The molecule has 1 aromatic carbocycles. The van der Waals surface area contributed by atoms with Gasteiger partial charge in [-0.1, -0.05) is 12.1 Å². The third-order valence-corrected chi connectivity index (χ3v) is 1.82. The molecule has 0 aliphatic carbocycles. The van der Waals surface area contributed by atoms with E-state index in [0.29, 0.717) is 17.3 Å². The third kappa shape index (κ3) is 1.36. The van der Waals surface area contributed by atoms with Gasteiger partial charge in [-0.15, -0.1) is 0 Å². The largest absolute Gasteiger partial charge is 0.380 e. The molecule has 0 N–H and O–H groups in total. The zero-order valence-electron chi connectivity index (χ0n) is 7.15. The van der Waals surface area contributed by atoms with Crippen molar-refractivity contribution in [1.82, 2.24) is 0 Å². The minimum atomic E-state index is -0.432. The number of amides is 2. The topological polar surface area (TPSA) is 51.0 Å². The van der Waals surface area contributed by atoms with Crippen molar-refractivity contribution in [2.45, 2.75) is 6.61 Å². The highest BCUT2D eigenvalue weighted by molar-refractivity contribution is 5.77. The van der Waals surface area contributed by atoms with Crippen LogP contribution in [-0.4, -0.2) is 13.1 Å². The molecule has 1 aliphatic heterocycles. The summed E-state index contributed by atoms with van der Waals surface area (Å²) in [6.07, 6.45) is 0. The Morgan fingerprint density at radius 1 is 1.38 bits per heavy atom. The van der Waals surface area contributed by atoms with Crippen molar-refractivity contribution in [1.29, 1.82) is 0 Å². The zero-order valence-corrected chi connectivity index (χ0v) is 7.15. The number of nitrogens with zero attached hydrogens (tertiary/aromatic N) is 2. The molecule has 0 saturated heterocycles. The van der Waals surface area contributed by atoms with Crippen LogP contribution in [0.4, 0.5) is 4.79 Å². The molecule has 0 atom stereocenters. The predicted octanol–water partition coefficient (Wildman–Crippen LogP) is 0.206. The molecule has 4 heteroatoms. The van der Waals surface area contributed by atoms with Gasteiger partial charge in [-0.25, -0.2) is 4.79 Å². The molecule has 0 fully saturated rings. The van der Waals surface area contributed by atoms with Gasteiger partial charge in [0.15, 0.2) is 0 Å². The predicted molar refractivity (Wildman–Crippen MR) is 44.9 cm³/mol. The molecule has 1 heterocycles. The van der Waals surface area contributed by atoms with Crippen molar-refractivity contribution in [3.63, 3.8) is 0 Å². The van der Waals surface area contributed by atoms with E-state index < -0.39 is 6.03 Å². The molecule has 0 spiro atoms. The Morgan fingerprint density at radius 3 is 3.00 bits per heavy atom. The fourth-order valence-electron chi connectivity index (χ4n) is 1.29. The molecule has 0 unspecified atom stereocenters. The first-order chi connectivity index (χ1) is 6.31. The normalized spacial score (nSPS) is 13.5. The molecule has 0 bridgehead atoms. The van der Waals surface area contributed by atoms with Crippen LogP contribution in [0.25, 0.3) is 0 Å². The summed E-state index contributed by atoms with van der Waals surface area (Å²) in [6.45, 7) is 0.454. The van der Waals surface area contributed by atoms with E-state index in [1.54, 1.807) is 13.2 Å². The standard InChI is InChI=1S/C9H8N2O2/c1-13-5-6-3-2-4-7-8(6)11-9(12)10-7/h2-4H,5H2,1H3. The van der Waals surface area contributed by atoms with Crippen LogP contribution in [0.1, 0.15) is 5.56 Å². The van der Waals surface area contributed by atoms with Gasteiger partial charge in [-0.05, 0) is 6.07 Å². The third-order valence-electron chi connectivity index (χ3n) is 1.82. The average molecular weight is 176 g/mol. The summed E-state index contributed by atoms with van der Waals surface area (Å²) in [5, 5.41) is 1.29. The van der Waals surface area contributed by atoms with E-state index in [4.69, 9.17) is 4.74 Å². The van der Waals surface area contributed by atoms with Crippen LogP contribution >= 0.6 is 0 Å². The average Bonchev–Trinajstić information content (AvgIpc) is 2.47. The van der Waals surface area contributed by atoms with E-state index in [1.165, 1.54) is 0 Å². The lowest BCUT2D eigenvalue weighted by molar-refractivity contribution is 0.184. The van der Waals surface area contributed by atoms with Crippen molar-refractivity contribution in [2.24, 2.45) is 9.98 Å². The summed E-state index contributed by atoms with van der Waals surface area (Å²) < 4.78 is 4.98. The molecule has 66 valence electrons. The summed E-state index contributed by atoms with van der Waals surface area (Å²) in [5.41, 5.74) is 0.898. The highest BCUT2D eigenvalue weighted by Crippen LogP contribution is 1.94. The number of para-hydroxylation sites is 1. The number of hydrogen-bond acceptors (Lipinski definition) is 2. The molecule has 0 radical (unpaired) electrons. The first kappa shape index (κ1) is 8.07. The van der Waals surface area contributed by atoms with E-state index in [-0.39, 0.29) is 0 Å². The van der Waals surface area contributed by atoms with E-state index in [0.717, 1.165) is 5.56 Å². The van der Waals surface area contributed by atoms with Crippen LogP contribution in [0.2, 0.25) is 0 Å². The molecular weight excluding hydrogens is 168 g/mol. The fourth-order valence-corrected chi connectivity index (χ4v) is 1.29. The lowest BCUT2D eigenvalue weighted by Gasteiger charge is -1.96. The Morgan fingerprint density at radius 2 is 2.23 bits per heavy atom. The minimum Gasteiger partial charge on any atom is -0.380 e. The molecule has 1 aromatic rings. The fraction of sp³-hybridized carbons (Fsp3) is 0.222. The number of rotatable bonds is 2. The molecule has 4 nitrogen and oxygen atoms in total. The number of ether oxygens (including phenoxy) is 1.